The minimum Gasteiger partial charge on any atom is -0.504 e. The molecule has 1 saturated carbocycles. The number of fused-ring (bicyclic) bond motifs is 4. The van der Waals surface area contributed by atoms with Crippen LogP contribution in [0.3, 0.4) is 0 Å². The van der Waals surface area contributed by atoms with Gasteiger partial charge >= 0.3 is 11.9 Å². The largest absolute Gasteiger partial charge is 0.504 e. The molecule has 1 saturated heterocycles. The topological polar surface area (TPSA) is 119 Å². The Kier molecular flexibility index (Phi) is 7.27. The van der Waals surface area contributed by atoms with E-state index in [0.29, 0.717) is 25.1 Å². The zero-order valence-electron chi connectivity index (χ0n) is 22.4. The molecule has 0 aromatic carbocycles. The van der Waals surface area contributed by atoms with E-state index in [9.17, 15) is 24.3 Å². The Morgan fingerprint density at radius 3 is 2.45 bits per heavy atom. The van der Waals surface area contributed by atoms with Crippen molar-refractivity contribution in [3.8, 4) is 0 Å². The highest BCUT2D eigenvalue weighted by molar-refractivity contribution is 6.14. The summed E-state index contributed by atoms with van der Waals surface area (Å²) in [6.07, 6.45) is 3.89. The number of ketones is 2. The predicted octanol–water partition coefficient (Wildman–Crippen LogP) is 3.13. The minimum absolute atomic E-state index is 0.00740. The molecular weight excluding hydrogens is 490 g/mol. The smallest absolute Gasteiger partial charge is 0.340 e. The molecule has 1 aliphatic heterocycles. The average molecular weight is 526 g/mol. The maximum Gasteiger partial charge on any atom is 0.340 e. The molecule has 0 aromatic heterocycles. The van der Waals surface area contributed by atoms with Gasteiger partial charge in [-0.25, -0.2) is 4.79 Å². The van der Waals surface area contributed by atoms with Crippen LogP contribution < -0.4 is 0 Å². The second-order valence-electron chi connectivity index (χ2n) is 10.7. The Balaban J connectivity index is 2.02. The number of esters is 2. The van der Waals surface area contributed by atoms with Gasteiger partial charge in [0.25, 0.3) is 0 Å². The Hall–Kier alpha value is -3.46. The molecule has 5 atom stereocenters. The molecule has 0 aromatic rings. The number of cyclic esters (lactones) is 1. The summed E-state index contributed by atoms with van der Waals surface area (Å²) < 4.78 is 17.1. The summed E-state index contributed by atoms with van der Waals surface area (Å²) in [5.74, 6) is -2.99. The van der Waals surface area contributed by atoms with Gasteiger partial charge in [0.15, 0.2) is 5.76 Å². The number of carbonyl (C=O) groups excluding carboxylic acids is 4. The number of nitrogens with zero attached hydrogens (tertiary/aromatic N) is 1. The molecule has 9 nitrogen and oxygen atoms in total. The van der Waals surface area contributed by atoms with Crippen molar-refractivity contribution >= 4 is 23.5 Å². The molecule has 0 radical (unpaired) electrons. The first-order chi connectivity index (χ1) is 17.9. The van der Waals surface area contributed by atoms with Crippen molar-refractivity contribution in [1.82, 2.24) is 4.90 Å². The van der Waals surface area contributed by atoms with Crippen LogP contribution in [0.4, 0.5) is 0 Å². The summed E-state index contributed by atoms with van der Waals surface area (Å²) in [6, 6.07) is 0. The van der Waals surface area contributed by atoms with E-state index in [1.807, 2.05) is 0 Å². The third-order valence-electron chi connectivity index (χ3n) is 8.46. The van der Waals surface area contributed by atoms with Crippen LogP contribution in [-0.2, 0) is 33.4 Å². The summed E-state index contributed by atoms with van der Waals surface area (Å²) in [5.41, 5.74) is -1.35. The summed E-state index contributed by atoms with van der Waals surface area (Å²) in [5, 5.41) is 11.5. The van der Waals surface area contributed by atoms with E-state index in [4.69, 9.17) is 14.2 Å². The van der Waals surface area contributed by atoms with Crippen LogP contribution >= 0.6 is 0 Å². The molecule has 0 bridgehead atoms. The summed E-state index contributed by atoms with van der Waals surface area (Å²) in [7, 11) is 1.46. The second kappa shape index (κ2) is 10.0. The van der Waals surface area contributed by atoms with Gasteiger partial charge in [0.1, 0.15) is 18.0 Å². The molecule has 2 unspecified atom stereocenters. The van der Waals surface area contributed by atoms with E-state index >= 15 is 0 Å². The van der Waals surface area contributed by atoms with Crippen LogP contribution in [0, 0.1) is 16.7 Å². The van der Waals surface area contributed by atoms with Crippen molar-refractivity contribution in [2.45, 2.75) is 52.2 Å². The van der Waals surface area contributed by atoms with Gasteiger partial charge in [-0.3, -0.25) is 14.4 Å². The van der Waals surface area contributed by atoms with Gasteiger partial charge in [-0.2, -0.15) is 0 Å². The monoisotopic (exact) mass is 525 g/mol. The van der Waals surface area contributed by atoms with Crippen molar-refractivity contribution in [2.75, 3.05) is 26.8 Å². The summed E-state index contributed by atoms with van der Waals surface area (Å²) in [4.78, 5) is 54.3. The molecule has 4 aliphatic rings. The number of ether oxygens (including phenoxy) is 3. The standard InChI is InChI=1S/C29H35NO8/c1-7-11-30(12-8-2)14-17-23-26(34)25(33)22-18-9-10-20(32)28(18,4)13-19(37-16(3)31)24(22)29(23,5)21(15-36-6)38-27(17)35/h7-8,14,18-19,21,34H,1-2,9-13,15H2,3-6H3/b17-14+/t18-,19+,21+,28?,29?/m0/s1. The van der Waals surface area contributed by atoms with Crippen LogP contribution in [0.25, 0.3) is 0 Å². The third kappa shape index (κ3) is 4.04. The van der Waals surface area contributed by atoms with E-state index in [-0.39, 0.29) is 42.0 Å². The van der Waals surface area contributed by atoms with Gasteiger partial charge in [-0.1, -0.05) is 19.1 Å². The van der Waals surface area contributed by atoms with E-state index < -0.39 is 52.4 Å². The quantitative estimate of drug-likeness (QED) is 0.290. The molecule has 2 fully saturated rings. The van der Waals surface area contributed by atoms with Gasteiger partial charge in [-0.15, -0.1) is 13.2 Å². The zero-order chi connectivity index (χ0) is 28.0. The van der Waals surface area contributed by atoms with Gasteiger partial charge in [-0.05, 0) is 18.9 Å². The van der Waals surface area contributed by atoms with E-state index in [2.05, 4.69) is 13.2 Å². The highest BCUT2D eigenvalue weighted by Gasteiger charge is 2.64. The summed E-state index contributed by atoms with van der Waals surface area (Å²) >= 11 is 0. The van der Waals surface area contributed by atoms with Gasteiger partial charge in [0.2, 0.25) is 5.78 Å². The van der Waals surface area contributed by atoms with Crippen LogP contribution in [0.5, 0.6) is 0 Å². The molecule has 3 aliphatic carbocycles. The molecule has 0 spiro atoms. The lowest BCUT2D eigenvalue weighted by Crippen LogP contribution is -2.57. The molecule has 1 heterocycles. The Labute approximate surface area is 222 Å². The number of methoxy groups -OCH3 is 1. The Morgan fingerprint density at radius 2 is 1.87 bits per heavy atom. The van der Waals surface area contributed by atoms with Crippen molar-refractivity contribution in [1.29, 1.82) is 0 Å². The van der Waals surface area contributed by atoms with E-state index in [1.54, 1.807) is 30.9 Å². The average Bonchev–Trinajstić information content (AvgIpc) is 3.13. The first-order valence-corrected chi connectivity index (χ1v) is 12.8. The molecule has 0 amide bonds. The fraction of sp³-hybridized carbons (Fsp3) is 0.517. The third-order valence-corrected chi connectivity index (χ3v) is 8.46. The lowest BCUT2D eigenvalue weighted by Gasteiger charge is -2.53. The number of aliphatic hydroxyl groups is 1. The SMILES string of the molecule is C=CCN(/C=C1/C(=O)O[C@H](COC)C2(C)C1=C(O)C(=O)C1=C2[C@H](OC(C)=O)CC2(C)C(=O)CC[C@@H]12)CC=C. The van der Waals surface area contributed by atoms with E-state index in [1.165, 1.54) is 20.2 Å². The van der Waals surface area contributed by atoms with Crippen LogP contribution in [-0.4, -0.2) is 72.5 Å². The fourth-order valence-electron chi connectivity index (χ4n) is 6.78. The maximum atomic E-state index is 14.0. The van der Waals surface area contributed by atoms with Gasteiger partial charge < -0.3 is 24.2 Å². The number of rotatable bonds is 8. The van der Waals surface area contributed by atoms with Crippen molar-refractivity contribution in [2.24, 2.45) is 16.7 Å². The van der Waals surface area contributed by atoms with E-state index in [0.717, 1.165) is 0 Å². The lowest BCUT2D eigenvalue weighted by atomic mass is 9.53. The maximum absolute atomic E-state index is 14.0. The van der Waals surface area contributed by atoms with Crippen molar-refractivity contribution in [3.05, 3.63) is 59.6 Å². The predicted molar refractivity (Wildman–Crippen MR) is 138 cm³/mol. The normalized spacial score (nSPS) is 33.4. The number of hydrogen-bond acceptors (Lipinski definition) is 9. The number of aliphatic hydroxyl groups excluding tert-OH is 1. The number of carbonyl (C=O) groups is 4. The molecular formula is C29H35NO8. The Morgan fingerprint density at radius 1 is 1.21 bits per heavy atom. The molecule has 9 heteroatoms. The highest BCUT2D eigenvalue weighted by atomic mass is 16.6. The molecule has 1 N–H and O–H groups in total. The van der Waals surface area contributed by atoms with Crippen LogP contribution in [0.15, 0.2) is 59.6 Å². The van der Waals surface area contributed by atoms with Crippen LogP contribution in [0.1, 0.15) is 40.0 Å². The highest BCUT2D eigenvalue weighted by Crippen LogP contribution is 2.62. The minimum atomic E-state index is -1.27. The number of allylic oxidation sites excluding steroid dienone is 1. The van der Waals surface area contributed by atoms with Gasteiger partial charge in [0, 0.05) is 68.6 Å². The second-order valence-corrected chi connectivity index (χ2v) is 10.7. The molecule has 204 valence electrons. The zero-order valence-corrected chi connectivity index (χ0v) is 22.4. The Bertz CT molecular complexity index is 1200. The van der Waals surface area contributed by atoms with Crippen molar-refractivity contribution < 1.29 is 38.5 Å². The number of Topliss-reactive ketones (excluding diaryl/α,β-unsaturated/α-hetero) is 2. The lowest BCUT2D eigenvalue weighted by molar-refractivity contribution is -0.160. The van der Waals surface area contributed by atoms with Gasteiger partial charge in [0.05, 0.1) is 17.6 Å². The molecule has 38 heavy (non-hydrogen) atoms. The first kappa shape index (κ1) is 27.6. The van der Waals surface area contributed by atoms with Crippen LogP contribution in [0.2, 0.25) is 0 Å². The first-order valence-electron chi connectivity index (χ1n) is 12.8. The van der Waals surface area contributed by atoms with Crippen molar-refractivity contribution in [3.63, 3.8) is 0 Å². The number of hydrogen-bond donors (Lipinski definition) is 1. The molecule has 4 rings (SSSR count). The summed E-state index contributed by atoms with van der Waals surface area (Å²) in [6.45, 7) is 13.0. The fourth-order valence-corrected chi connectivity index (χ4v) is 6.78.